The van der Waals surface area contributed by atoms with E-state index in [1.807, 2.05) is 29.8 Å². The number of anilines is 1. The van der Waals surface area contributed by atoms with Gasteiger partial charge in [-0.2, -0.15) is 0 Å². The summed E-state index contributed by atoms with van der Waals surface area (Å²) >= 11 is 6.74. The van der Waals surface area contributed by atoms with Gasteiger partial charge in [0, 0.05) is 59.7 Å². The molecule has 1 amide bonds. The summed E-state index contributed by atoms with van der Waals surface area (Å²) in [5.41, 5.74) is 4.65. The molecule has 3 saturated carbocycles. The molecule has 40 heavy (non-hydrogen) atoms. The number of fused-ring (bicyclic) bond motifs is 1. The van der Waals surface area contributed by atoms with Crippen LogP contribution in [-0.2, 0) is 26.6 Å². The van der Waals surface area contributed by atoms with E-state index in [1.165, 1.54) is 19.3 Å². The Morgan fingerprint density at radius 1 is 1.07 bits per heavy atom. The molecule has 210 valence electrons. The van der Waals surface area contributed by atoms with Gasteiger partial charge in [-0.25, -0.2) is 9.37 Å². The number of pyridine rings is 1. The smallest absolute Gasteiger partial charge is 0.260 e. The van der Waals surface area contributed by atoms with E-state index in [0.29, 0.717) is 60.7 Å². The van der Waals surface area contributed by atoms with Crippen molar-refractivity contribution in [2.45, 2.75) is 95.4 Å². The van der Waals surface area contributed by atoms with Crippen LogP contribution >= 0.6 is 11.6 Å². The summed E-state index contributed by atoms with van der Waals surface area (Å²) in [5.74, 6) is 3.62. The van der Waals surface area contributed by atoms with Crippen LogP contribution in [0.3, 0.4) is 0 Å². The summed E-state index contributed by atoms with van der Waals surface area (Å²) in [7, 11) is 1.96. The molecule has 3 fully saturated rings. The average Bonchev–Trinajstić information content (AvgIpc) is 3.60. The molecule has 3 aromatic rings. The first kappa shape index (κ1) is 26.1. The molecule has 0 unspecified atom stereocenters. The van der Waals surface area contributed by atoms with Gasteiger partial charge in [0.05, 0.1) is 6.54 Å². The zero-order valence-electron chi connectivity index (χ0n) is 23.2. The Kier molecular flexibility index (Phi) is 6.66. The van der Waals surface area contributed by atoms with Crippen molar-refractivity contribution in [3.63, 3.8) is 0 Å². The van der Waals surface area contributed by atoms with Crippen LogP contribution < -0.4 is 10.2 Å². The van der Waals surface area contributed by atoms with Crippen LogP contribution in [0, 0.1) is 5.92 Å². The third-order valence-corrected chi connectivity index (χ3v) is 9.84. The quantitative estimate of drug-likeness (QED) is 0.347. The van der Waals surface area contributed by atoms with Crippen LogP contribution in [0.4, 0.5) is 10.2 Å². The van der Waals surface area contributed by atoms with Gasteiger partial charge in [-0.15, -0.1) is 10.2 Å². The van der Waals surface area contributed by atoms with Gasteiger partial charge in [-0.3, -0.25) is 9.69 Å². The van der Waals surface area contributed by atoms with Crippen LogP contribution in [0.15, 0.2) is 24.3 Å². The predicted octanol–water partition coefficient (Wildman–Crippen LogP) is 5.99. The van der Waals surface area contributed by atoms with E-state index in [9.17, 15) is 9.18 Å². The first-order valence-electron chi connectivity index (χ1n) is 14.7. The fourth-order valence-corrected chi connectivity index (χ4v) is 6.64. The molecule has 1 aromatic carbocycles. The lowest BCUT2D eigenvalue weighted by Crippen LogP contribution is -2.36. The molecule has 7 rings (SSSR count). The van der Waals surface area contributed by atoms with E-state index in [-0.39, 0.29) is 11.8 Å². The maximum atomic E-state index is 13.7. The zero-order valence-corrected chi connectivity index (χ0v) is 23.9. The Balaban J connectivity index is 1.12. The summed E-state index contributed by atoms with van der Waals surface area (Å²) in [6.07, 6.45) is 7.03. The Bertz CT molecular complexity index is 1460. The molecule has 1 aliphatic heterocycles. The summed E-state index contributed by atoms with van der Waals surface area (Å²) in [5, 5.41) is 13.1. The molecule has 9 heteroatoms. The molecule has 3 aliphatic carbocycles. The van der Waals surface area contributed by atoms with E-state index >= 15 is 0 Å². The van der Waals surface area contributed by atoms with Gasteiger partial charge in [0.25, 0.3) is 5.91 Å². The van der Waals surface area contributed by atoms with Gasteiger partial charge in [-0.05, 0) is 86.8 Å². The summed E-state index contributed by atoms with van der Waals surface area (Å²) in [6.45, 7) is 3.36. The summed E-state index contributed by atoms with van der Waals surface area (Å²) in [6, 6.07) is 8.60. The van der Waals surface area contributed by atoms with Gasteiger partial charge in [0.15, 0.2) is 0 Å². The number of hydrogen-bond donors (Lipinski definition) is 1. The van der Waals surface area contributed by atoms with E-state index in [2.05, 4.69) is 28.5 Å². The molecule has 0 radical (unpaired) electrons. The number of alkyl halides is 1. The molecular formula is C31H36ClFN6O. The van der Waals surface area contributed by atoms with Gasteiger partial charge in [0.2, 0.25) is 0 Å². The second kappa shape index (κ2) is 10.2. The molecule has 7 nitrogen and oxygen atoms in total. The third-order valence-electron chi connectivity index (χ3n) is 9.50. The number of carbonyl (C=O) groups excluding carboxylic acids is 1. The molecule has 3 heterocycles. The van der Waals surface area contributed by atoms with Crippen molar-refractivity contribution in [2.75, 3.05) is 4.90 Å². The third kappa shape index (κ3) is 4.83. The lowest BCUT2D eigenvalue weighted by atomic mass is 9.80. The number of benzene rings is 1. The van der Waals surface area contributed by atoms with Gasteiger partial charge in [-0.1, -0.05) is 18.0 Å². The highest BCUT2D eigenvalue weighted by molar-refractivity contribution is 6.32. The summed E-state index contributed by atoms with van der Waals surface area (Å²) < 4.78 is 15.4. The molecular weight excluding hydrogens is 527 g/mol. The second-order valence-electron chi connectivity index (χ2n) is 12.4. The standard InChI is InChI=1S/C31H36ClFN6O/c1-17(20-4-3-5-20)34-15-19-8-24-25(26(32)9-19)16-39(31(24)40)28-11-18(10-27(35-28)21-6-7-21)12-29-36-37-30(38(29)2)22-13-23(33)14-22/h8-11,17,20-23,34H,3-7,12-16H2,1-2H3/t17-,22?,23?/m0/s1. The SMILES string of the molecule is C[C@H](NCc1cc(Cl)c2c(c1)C(=O)N(c1cc(Cc3nnc(C4CC(F)C4)n3C)cc(C3CC3)n1)C2)C1CCC1. The minimum absolute atomic E-state index is 0.0520. The van der Waals surface area contributed by atoms with E-state index in [1.54, 1.807) is 4.90 Å². The van der Waals surface area contributed by atoms with Crippen LogP contribution in [0.25, 0.3) is 0 Å². The predicted molar refractivity (Wildman–Crippen MR) is 153 cm³/mol. The van der Waals surface area contributed by atoms with Gasteiger partial charge in [0.1, 0.15) is 23.6 Å². The number of carbonyl (C=O) groups is 1. The highest BCUT2D eigenvalue weighted by Crippen LogP contribution is 2.42. The van der Waals surface area contributed by atoms with Crippen molar-refractivity contribution in [1.29, 1.82) is 0 Å². The van der Waals surface area contributed by atoms with E-state index in [4.69, 9.17) is 16.6 Å². The molecule has 0 bridgehead atoms. The number of amides is 1. The van der Waals surface area contributed by atoms with Crippen molar-refractivity contribution < 1.29 is 9.18 Å². The normalized spacial score (nSPS) is 23.2. The molecule has 0 saturated heterocycles. The van der Waals surface area contributed by atoms with Crippen molar-refractivity contribution in [3.05, 3.63) is 68.9 Å². The number of halogens is 2. The highest BCUT2D eigenvalue weighted by atomic mass is 35.5. The molecule has 1 atom stereocenters. The minimum atomic E-state index is -0.729. The highest BCUT2D eigenvalue weighted by Gasteiger charge is 2.35. The van der Waals surface area contributed by atoms with E-state index < -0.39 is 6.17 Å². The van der Waals surface area contributed by atoms with Crippen LogP contribution in [-0.4, -0.2) is 37.9 Å². The second-order valence-corrected chi connectivity index (χ2v) is 12.8. The first-order valence-corrected chi connectivity index (χ1v) is 15.1. The molecule has 2 aromatic heterocycles. The minimum Gasteiger partial charge on any atom is -0.318 e. The Labute approximate surface area is 239 Å². The van der Waals surface area contributed by atoms with E-state index in [0.717, 1.165) is 52.8 Å². The van der Waals surface area contributed by atoms with Crippen LogP contribution in [0.2, 0.25) is 5.02 Å². The number of hydrogen-bond acceptors (Lipinski definition) is 5. The maximum Gasteiger partial charge on any atom is 0.260 e. The lowest BCUT2D eigenvalue weighted by molar-refractivity contribution is 0.0995. The van der Waals surface area contributed by atoms with Gasteiger partial charge >= 0.3 is 0 Å². The zero-order chi connectivity index (χ0) is 27.5. The van der Waals surface area contributed by atoms with Crippen LogP contribution in [0.5, 0.6) is 0 Å². The first-order chi connectivity index (χ1) is 19.3. The average molecular weight is 563 g/mol. The number of aromatic nitrogens is 4. The topological polar surface area (TPSA) is 75.9 Å². The fraction of sp³-hybridized carbons (Fsp3) is 0.548. The Morgan fingerprint density at radius 3 is 2.58 bits per heavy atom. The van der Waals surface area contributed by atoms with Crippen molar-refractivity contribution in [1.82, 2.24) is 25.1 Å². The largest absolute Gasteiger partial charge is 0.318 e. The maximum absolute atomic E-state index is 13.7. The van der Waals surface area contributed by atoms with Gasteiger partial charge < -0.3 is 9.88 Å². The Morgan fingerprint density at radius 2 is 1.88 bits per heavy atom. The monoisotopic (exact) mass is 562 g/mol. The molecule has 4 aliphatic rings. The van der Waals surface area contributed by atoms with Crippen molar-refractivity contribution in [3.8, 4) is 0 Å². The summed E-state index contributed by atoms with van der Waals surface area (Å²) in [4.78, 5) is 20.4. The fourth-order valence-electron chi connectivity index (χ4n) is 6.34. The Hall–Kier alpha value is -2.84. The number of nitrogens with one attached hydrogen (secondary N) is 1. The van der Waals surface area contributed by atoms with Crippen LogP contribution in [0.1, 0.15) is 108 Å². The van der Waals surface area contributed by atoms with Crippen molar-refractivity contribution >= 4 is 23.3 Å². The lowest BCUT2D eigenvalue weighted by Gasteiger charge is -2.32. The molecule has 0 spiro atoms. The molecule has 1 N–H and O–H groups in total. The van der Waals surface area contributed by atoms with Crippen molar-refractivity contribution in [2.24, 2.45) is 13.0 Å². The number of nitrogens with zero attached hydrogens (tertiary/aromatic N) is 5. The number of rotatable bonds is 9.